The lowest BCUT2D eigenvalue weighted by molar-refractivity contribution is -0.146. The third kappa shape index (κ3) is 3.61. The van der Waals surface area contributed by atoms with E-state index >= 15 is 0 Å². The van der Waals surface area contributed by atoms with Crippen molar-refractivity contribution in [3.8, 4) is 0 Å². The average molecular weight is 445 g/mol. The van der Waals surface area contributed by atoms with Gasteiger partial charge >= 0.3 is 0 Å². The molecule has 7 heteroatoms. The SMILES string of the molecule is Cc1ccc(C(=O)N2CC3CC(C2)N3C(=O)/C=C/CN(C)I)s1. The van der Waals surface area contributed by atoms with Gasteiger partial charge in [-0.1, -0.05) is 6.08 Å². The van der Waals surface area contributed by atoms with Crippen molar-refractivity contribution in [1.29, 1.82) is 0 Å². The summed E-state index contributed by atoms with van der Waals surface area (Å²) in [5.41, 5.74) is 0. The first-order valence-corrected chi connectivity index (χ1v) is 9.45. The summed E-state index contributed by atoms with van der Waals surface area (Å²) in [4.78, 5) is 30.6. The van der Waals surface area contributed by atoms with Gasteiger partial charge in [-0.15, -0.1) is 11.3 Å². The summed E-state index contributed by atoms with van der Waals surface area (Å²) in [6, 6.07) is 4.23. The van der Waals surface area contributed by atoms with E-state index in [1.807, 2.05) is 45.1 Å². The minimum Gasteiger partial charge on any atom is -0.334 e. The molecule has 3 saturated heterocycles. The van der Waals surface area contributed by atoms with E-state index in [-0.39, 0.29) is 23.9 Å². The van der Waals surface area contributed by atoms with Gasteiger partial charge in [0.1, 0.15) is 0 Å². The topological polar surface area (TPSA) is 43.9 Å². The Hall–Kier alpha value is -0.930. The molecule has 0 saturated carbocycles. The number of piperazine rings is 1. The number of carbonyl (C=O) groups excluding carboxylic acids is 2. The number of likely N-dealkylation sites (N-methyl/N-ethyl adjacent to an activating group) is 1. The molecule has 0 radical (unpaired) electrons. The Morgan fingerprint density at radius 1 is 1.39 bits per heavy atom. The predicted molar refractivity (Wildman–Crippen MR) is 99.8 cm³/mol. The molecule has 0 aromatic carbocycles. The number of hydrogen-bond acceptors (Lipinski definition) is 4. The van der Waals surface area contributed by atoms with Crippen LogP contribution in [0.5, 0.6) is 0 Å². The first-order valence-electron chi connectivity index (χ1n) is 7.67. The fraction of sp³-hybridized carbons (Fsp3) is 0.500. The number of nitrogens with zero attached hydrogens (tertiary/aromatic N) is 3. The number of piperidine rings is 1. The number of carbonyl (C=O) groups is 2. The van der Waals surface area contributed by atoms with E-state index < -0.39 is 0 Å². The Balaban J connectivity index is 1.58. The molecule has 4 rings (SSSR count). The summed E-state index contributed by atoms with van der Waals surface area (Å²) in [7, 11) is 1.96. The van der Waals surface area contributed by atoms with Gasteiger partial charge in [-0.3, -0.25) is 9.59 Å². The lowest BCUT2D eigenvalue weighted by Crippen LogP contribution is -2.70. The molecule has 3 aliphatic heterocycles. The van der Waals surface area contributed by atoms with E-state index in [0.717, 1.165) is 22.7 Å². The zero-order valence-electron chi connectivity index (χ0n) is 13.2. The molecule has 4 heterocycles. The van der Waals surface area contributed by atoms with Gasteiger partial charge < -0.3 is 9.80 Å². The van der Waals surface area contributed by atoms with Crippen molar-refractivity contribution >= 4 is 46.0 Å². The summed E-state index contributed by atoms with van der Waals surface area (Å²) >= 11 is 3.73. The van der Waals surface area contributed by atoms with Crippen LogP contribution in [0, 0.1) is 6.92 Å². The predicted octanol–water partition coefficient (Wildman–Crippen LogP) is 2.32. The number of fused-ring (bicyclic) bond motifs is 2. The van der Waals surface area contributed by atoms with Gasteiger partial charge in [-0.05, 0) is 32.5 Å². The normalized spacial score (nSPS) is 23.5. The molecule has 2 unspecified atom stereocenters. The second-order valence-electron chi connectivity index (χ2n) is 6.10. The van der Waals surface area contributed by atoms with E-state index in [4.69, 9.17) is 0 Å². The molecule has 5 nitrogen and oxygen atoms in total. The van der Waals surface area contributed by atoms with E-state index in [2.05, 4.69) is 22.9 Å². The second-order valence-corrected chi connectivity index (χ2v) is 9.03. The standard InChI is InChI=1S/C16H20IN3O2S/c1-11-5-6-14(23-11)16(22)19-9-12-8-13(10-19)20(12)15(21)4-3-7-18(2)17/h3-6,12-13H,7-10H2,1-2H3/b4-3+. The van der Waals surface area contributed by atoms with Crippen molar-refractivity contribution in [2.75, 3.05) is 26.7 Å². The van der Waals surface area contributed by atoms with Gasteiger partial charge in [-0.25, -0.2) is 3.11 Å². The summed E-state index contributed by atoms with van der Waals surface area (Å²) < 4.78 is 1.99. The van der Waals surface area contributed by atoms with Crippen molar-refractivity contribution in [1.82, 2.24) is 12.9 Å². The third-order valence-corrected chi connectivity index (χ3v) is 5.69. The molecule has 2 bridgehead atoms. The maximum Gasteiger partial charge on any atom is 0.264 e. The molecule has 2 atom stereocenters. The Bertz CT molecular complexity index is 631. The smallest absolute Gasteiger partial charge is 0.264 e. The van der Waals surface area contributed by atoms with Crippen molar-refractivity contribution in [3.05, 3.63) is 34.0 Å². The van der Waals surface area contributed by atoms with E-state index in [9.17, 15) is 9.59 Å². The van der Waals surface area contributed by atoms with Crippen LogP contribution in [0.25, 0.3) is 0 Å². The molecule has 23 heavy (non-hydrogen) atoms. The zero-order chi connectivity index (χ0) is 16.6. The Morgan fingerprint density at radius 3 is 2.65 bits per heavy atom. The number of rotatable bonds is 4. The van der Waals surface area contributed by atoms with Gasteiger partial charge in [0.25, 0.3) is 5.91 Å². The summed E-state index contributed by atoms with van der Waals surface area (Å²) in [6.07, 6.45) is 4.56. The second kappa shape index (κ2) is 6.90. The monoisotopic (exact) mass is 445 g/mol. The quantitative estimate of drug-likeness (QED) is 0.406. The van der Waals surface area contributed by atoms with E-state index in [1.54, 1.807) is 6.08 Å². The molecule has 1 aromatic heterocycles. The number of thiophene rings is 1. The fourth-order valence-corrected chi connectivity index (χ4v) is 4.29. The van der Waals surface area contributed by atoms with Gasteiger partial charge in [-0.2, -0.15) is 0 Å². The Morgan fingerprint density at radius 2 is 2.09 bits per heavy atom. The molecule has 0 aliphatic carbocycles. The molecule has 3 fully saturated rings. The van der Waals surface area contributed by atoms with Crippen LogP contribution in [-0.4, -0.2) is 63.5 Å². The highest BCUT2D eigenvalue weighted by molar-refractivity contribution is 14.1. The van der Waals surface area contributed by atoms with Crippen LogP contribution in [0.1, 0.15) is 21.0 Å². The van der Waals surface area contributed by atoms with Crippen LogP contribution in [0.2, 0.25) is 0 Å². The lowest BCUT2D eigenvalue weighted by Gasteiger charge is -2.55. The highest BCUT2D eigenvalue weighted by Gasteiger charge is 2.47. The molecule has 2 amide bonds. The van der Waals surface area contributed by atoms with Crippen molar-refractivity contribution in [2.45, 2.75) is 25.4 Å². The molecule has 1 aromatic rings. The van der Waals surface area contributed by atoms with Crippen LogP contribution in [0.4, 0.5) is 0 Å². The van der Waals surface area contributed by atoms with Gasteiger partial charge in [0.2, 0.25) is 5.91 Å². The lowest BCUT2D eigenvalue weighted by atomic mass is 9.87. The largest absolute Gasteiger partial charge is 0.334 e. The number of aryl methyl sites for hydroxylation is 1. The molecule has 124 valence electrons. The van der Waals surface area contributed by atoms with Crippen LogP contribution in [-0.2, 0) is 4.79 Å². The Labute approximate surface area is 154 Å². The van der Waals surface area contributed by atoms with Crippen molar-refractivity contribution in [3.63, 3.8) is 0 Å². The first kappa shape index (κ1) is 16.9. The van der Waals surface area contributed by atoms with Gasteiger partial charge in [0.15, 0.2) is 0 Å². The van der Waals surface area contributed by atoms with E-state index in [0.29, 0.717) is 13.1 Å². The third-order valence-electron chi connectivity index (χ3n) is 4.30. The van der Waals surface area contributed by atoms with Crippen LogP contribution >= 0.6 is 34.2 Å². The summed E-state index contributed by atoms with van der Waals surface area (Å²) in [5.74, 6) is 0.176. The number of hydrogen-bond donors (Lipinski definition) is 0. The molecular weight excluding hydrogens is 425 g/mol. The maximum atomic E-state index is 12.5. The Kier molecular flexibility index (Phi) is 5.07. The summed E-state index contributed by atoms with van der Waals surface area (Å²) in [6.45, 7) is 4.06. The van der Waals surface area contributed by atoms with Crippen LogP contribution in [0.15, 0.2) is 24.3 Å². The zero-order valence-corrected chi connectivity index (χ0v) is 16.2. The van der Waals surface area contributed by atoms with Gasteiger partial charge in [0.05, 0.1) is 17.0 Å². The van der Waals surface area contributed by atoms with Crippen molar-refractivity contribution in [2.24, 2.45) is 0 Å². The molecule has 0 spiro atoms. The minimum atomic E-state index is 0.0727. The summed E-state index contributed by atoms with van der Waals surface area (Å²) in [5, 5.41) is 0. The molecular formula is C16H20IN3O2S. The fourth-order valence-electron chi connectivity index (χ4n) is 3.23. The highest BCUT2D eigenvalue weighted by atomic mass is 127. The molecule has 3 aliphatic rings. The van der Waals surface area contributed by atoms with Crippen molar-refractivity contribution < 1.29 is 9.59 Å². The number of halogens is 1. The maximum absolute atomic E-state index is 12.5. The highest BCUT2D eigenvalue weighted by Crippen LogP contribution is 2.33. The number of amides is 2. The van der Waals surface area contributed by atoms with Crippen LogP contribution < -0.4 is 0 Å². The average Bonchev–Trinajstić information content (AvgIpc) is 2.92. The van der Waals surface area contributed by atoms with Gasteiger partial charge in [0, 0.05) is 53.5 Å². The first-order chi connectivity index (χ1) is 11.0. The van der Waals surface area contributed by atoms with E-state index in [1.165, 1.54) is 11.3 Å². The molecule has 0 N–H and O–H groups in total. The minimum absolute atomic E-state index is 0.0727. The van der Waals surface area contributed by atoms with Crippen LogP contribution in [0.3, 0.4) is 0 Å².